The van der Waals surface area contributed by atoms with Crippen LogP contribution in [0.3, 0.4) is 0 Å². The lowest BCUT2D eigenvalue weighted by atomic mass is 10.1. The van der Waals surface area contributed by atoms with E-state index in [9.17, 15) is 4.79 Å². The minimum Gasteiger partial charge on any atom is -0.370 e. The first-order valence-electron chi connectivity index (χ1n) is 6.62. The van der Waals surface area contributed by atoms with Crippen molar-refractivity contribution in [3.63, 3.8) is 0 Å². The predicted molar refractivity (Wildman–Crippen MR) is 77.5 cm³/mol. The van der Waals surface area contributed by atoms with E-state index in [4.69, 9.17) is 0 Å². The number of aromatic nitrogens is 2. The maximum absolute atomic E-state index is 12.0. The van der Waals surface area contributed by atoms with Crippen LogP contribution in [0.15, 0.2) is 17.1 Å². The smallest absolute Gasteiger partial charge is 0.268 e. The van der Waals surface area contributed by atoms with Crippen LogP contribution >= 0.6 is 15.9 Å². The molecule has 0 aliphatic carbocycles. The summed E-state index contributed by atoms with van der Waals surface area (Å²) in [7, 11) is 0. The molecule has 5 heteroatoms. The van der Waals surface area contributed by atoms with Crippen LogP contribution in [0.4, 0.5) is 5.69 Å². The zero-order valence-corrected chi connectivity index (χ0v) is 12.4. The summed E-state index contributed by atoms with van der Waals surface area (Å²) in [6.45, 7) is 4.92. The summed E-state index contributed by atoms with van der Waals surface area (Å²) in [5, 5.41) is 5.21. The first-order chi connectivity index (χ1) is 8.74. The Balaban J connectivity index is 2.12. The molecular formula is C13H20BrN3O. The van der Waals surface area contributed by atoms with Gasteiger partial charge in [0.25, 0.3) is 5.56 Å². The van der Waals surface area contributed by atoms with Gasteiger partial charge in [-0.15, -0.1) is 0 Å². The second-order valence-electron chi connectivity index (χ2n) is 4.86. The molecule has 1 aliphatic rings. The Morgan fingerprint density at radius 3 is 2.72 bits per heavy atom. The molecule has 0 saturated carbocycles. The van der Waals surface area contributed by atoms with E-state index in [0.717, 1.165) is 30.5 Å². The second kappa shape index (κ2) is 6.36. The van der Waals surface area contributed by atoms with E-state index in [0.29, 0.717) is 12.5 Å². The van der Waals surface area contributed by atoms with Crippen molar-refractivity contribution in [2.75, 3.05) is 23.3 Å². The van der Waals surface area contributed by atoms with Gasteiger partial charge in [-0.25, -0.2) is 4.68 Å². The third-order valence-corrected chi connectivity index (χ3v) is 4.47. The number of nitrogens with zero attached hydrogens (tertiary/aromatic N) is 3. The van der Waals surface area contributed by atoms with Gasteiger partial charge in [0.15, 0.2) is 0 Å². The molecule has 4 nitrogen and oxygen atoms in total. The number of alkyl halides is 1. The van der Waals surface area contributed by atoms with Crippen molar-refractivity contribution in [2.24, 2.45) is 5.92 Å². The summed E-state index contributed by atoms with van der Waals surface area (Å²) < 4.78 is 1.58. The minimum atomic E-state index is 0.0128. The standard InChI is InChI=1S/C13H20BrN3O/c1-2-11(8-14)10-17-13(18)7-12(9-15-17)16-5-3-4-6-16/h7,9,11H,2-6,8,10H2,1H3. The monoisotopic (exact) mass is 313 g/mol. The Morgan fingerprint density at radius 1 is 1.44 bits per heavy atom. The first-order valence-corrected chi connectivity index (χ1v) is 7.74. The van der Waals surface area contributed by atoms with Gasteiger partial charge in [0, 0.05) is 31.0 Å². The molecule has 18 heavy (non-hydrogen) atoms. The van der Waals surface area contributed by atoms with E-state index in [1.807, 2.05) is 6.20 Å². The second-order valence-corrected chi connectivity index (χ2v) is 5.50. The third kappa shape index (κ3) is 3.13. The fourth-order valence-electron chi connectivity index (χ4n) is 2.24. The van der Waals surface area contributed by atoms with Gasteiger partial charge < -0.3 is 4.90 Å². The highest BCUT2D eigenvalue weighted by Gasteiger charge is 2.14. The maximum atomic E-state index is 12.0. The molecule has 0 bridgehead atoms. The molecule has 2 heterocycles. The molecule has 1 aliphatic heterocycles. The molecule has 1 fully saturated rings. The van der Waals surface area contributed by atoms with Crippen LogP contribution in [0.25, 0.3) is 0 Å². The van der Waals surface area contributed by atoms with Gasteiger partial charge in [0.05, 0.1) is 11.9 Å². The number of halogens is 1. The lowest BCUT2D eigenvalue weighted by Gasteiger charge is -2.18. The van der Waals surface area contributed by atoms with Crippen LogP contribution in [-0.4, -0.2) is 28.2 Å². The largest absolute Gasteiger partial charge is 0.370 e. The third-order valence-electron chi connectivity index (χ3n) is 3.55. The summed E-state index contributed by atoms with van der Waals surface area (Å²) in [4.78, 5) is 14.3. The minimum absolute atomic E-state index is 0.0128. The van der Waals surface area contributed by atoms with E-state index >= 15 is 0 Å². The number of hydrogen-bond acceptors (Lipinski definition) is 3. The molecule has 0 radical (unpaired) electrons. The fraction of sp³-hybridized carbons (Fsp3) is 0.692. The molecule has 1 aromatic rings. The molecule has 1 atom stereocenters. The first kappa shape index (κ1) is 13.6. The molecular weight excluding hydrogens is 294 g/mol. The van der Waals surface area contributed by atoms with Gasteiger partial charge in [-0.3, -0.25) is 4.79 Å². The van der Waals surface area contributed by atoms with Gasteiger partial charge in [0.2, 0.25) is 0 Å². The van der Waals surface area contributed by atoms with Crippen LogP contribution in [0.1, 0.15) is 26.2 Å². The number of anilines is 1. The topological polar surface area (TPSA) is 38.1 Å². The highest BCUT2D eigenvalue weighted by molar-refractivity contribution is 9.09. The van der Waals surface area contributed by atoms with Crippen LogP contribution in [-0.2, 0) is 6.54 Å². The van der Waals surface area contributed by atoms with Gasteiger partial charge in [-0.05, 0) is 18.8 Å². The van der Waals surface area contributed by atoms with Crippen LogP contribution < -0.4 is 10.5 Å². The zero-order chi connectivity index (χ0) is 13.0. The van der Waals surface area contributed by atoms with Crippen LogP contribution in [0, 0.1) is 5.92 Å². The van der Waals surface area contributed by atoms with Gasteiger partial charge in [-0.2, -0.15) is 5.10 Å². The van der Waals surface area contributed by atoms with Crippen molar-refractivity contribution in [3.05, 3.63) is 22.6 Å². The Kier molecular flexibility index (Phi) is 4.80. The average molecular weight is 314 g/mol. The normalized spacial score (nSPS) is 17.1. The Morgan fingerprint density at radius 2 is 2.17 bits per heavy atom. The van der Waals surface area contributed by atoms with Crippen molar-refractivity contribution in [1.29, 1.82) is 0 Å². The number of hydrogen-bond donors (Lipinski definition) is 0. The molecule has 1 aromatic heterocycles. The van der Waals surface area contributed by atoms with Crippen molar-refractivity contribution in [3.8, 4) is 0 Å². The van der Waals surface area contributed by atoms with Crippen molar-refractivity contribution in [1.82, 2.24) is 9.78 Å². The average Bonchev–Trinajstić information content (AvgIpc) is 2.91. The molecule has 100 valence electrons. The van der Waals surface area contributed by atoms with E-state index in [1.54, 1.807) is 10.7 Å². The Labute approximate surface area is 116 Å². The summed E-state index contributed by atoms with van der Waals surface area (Å²) in [6, 6.07) is 1.72. The molecule has 0 N–H and O–H groups in total. The van der Waals surface area contributed by atoms with Gasteiger partial charge in [0.1, 0.15) is 0 Å². The van der Waals surface area contributed by atoms with E-state index in [-0.39, 0.29) is 5.56 Å². The van der Waals surface area contributed by atoms with Crippen molar-refractivity contribution >= 4 is 21.6 Å². The van der Waals surface area contributed by atoms with Crippen molar-refractivity contribution < 1.29 is 0 Å². The molecule has 1 unspecified atom stereocenters. The number of rotatable bonds is 5. The van der Waals surface area contributed by atoms with Crippen molar-refractivity contribution in [2.45, 2.75) is 32.7 Å². The summed E-state index contributed by atoms with van der Waals surface area (Å²) in [5.74, 6) is 0.466. The van der Waals surface area contributed by atoms with E-state index < -0.39 is 0 Å². The summed E-state index contributed by atoms with van der Waals surface area (Å²) in [6.07, 6.45) is 5.30. The maximum Gasteiger partial charge on any atom is 0.268 e. The lowest BCUT2D eigenvalue weighted by Crippen LogP contribution is -2.28. The molecule has 0 aromatic carbocycles. The Bertz CT molecular complexity index is 436. The van der Waals surface area contributed by atoms with Gasteiger partial charge >= 0.3 is 0 Å². The lowest BCUT2D eigenvalue weighted by molar-refractivity contribution is 0.432. The molecule has 0 amide bonds. The summed E-state index contributed by atoms with van der Waals surface area (Å²) in [5.41, 5.74) is 0.986. The van der Waals surface area contributed by atoms with Crippen LogP contribution in [0.2, 0.25) is 0 Å². The fourth-order valence-corrected chi connectivity index (χ4v) is 2.90. The van der Waals surface area contributed by atoms with Gasteiger partial charge in [-0.1, -0.05) is 29.3 Å². The van der Waals surface area contributed by atoms with E-state index in [1.165, 1.54) is 12.8 Å². The van der Waals surface area contributed by atoms with E-state index in [2.05, 4.69) is 32.9 Å². The summed E-state index contributed by atoms with van der Waals surface area (Å²) >= 11 is 3.48. The SMILES string of the molecule is CCC(CBr)Cn1ncc(N2CCCC2)cc1=O. The molecule has 2 rings (SSSR count). The highest BCUT2D eigenvalue weighted by Crippen LogP contribution is 2.17. The Hall–Kier alpha value is -0.840. The molecule has 0 spiro atoms. The molecule has 1 saturated heterocycles. The van der Waals surface area contributed by atoms with Crippen LogP contribution in [0.5, 0.6) is 0 Å². The highest BCUT2D eigenvalue weighted by atomic mass is 79.9. The predicted octanol–water partition coefficient (Wildman–Crippen LogP) is 2.26. The zero-order valence-electron chi connectivity index (χ0n) is 10.8. The quantitative estimate of drug-likeness (QED) is 0.783.